The van der Waals surface area contributed by atoms with E-state index in [4.69, 9.17) is 0 Å². The van der Waals surface area contributed by atoms with E-state index in [1.165, 1.54) is 6.92 Å². The van der Waals surface area contributed by atoms with Gasteiger partial charge in [-0.1, -0.05) is 36.4 Å². The normalized spacial score (nSPS) is 12.1. The van der Waals surface area contributed by atoms with Gasteiger partial charge in [0.05, 0.1) is 5.69 Å². The summed E-state index contributed by atoms with van der Waals surface area (Å²) < 4.78 is 0. The SMILES string of the molecule is CC(O)=C(N=Nc1ccccc1)C(=O)Nc1ccccc1C. The van der Waals surface area contributed by atoms with Gasteiger partial charge >= 0.3 is 0 Å². The summed E-state index contributed by atoms with van der Waals surface area (Å²) in [5.41, 5.74) is 2.07. The van der Waals surface area contributed by atoms with Crippen molar-refractivity contribution in [2.75, 3.05) is 5.32 Å². The molecular weight excluding hydrogens is 278 g/mol. The Morgan fingerprint density at radius 1 is 1.05 bits per heavy atom. The van der Waals surface area contributed by atoms with Crippen molar-refractivity contribution in [1.29, 1.82) is 0 Å². The third kappa shape index (κ3) is 4.02. The van der Waals surface area contributed by atoms with Crippen LogP contribution in [-0.4, -0.2) is 11.0 Å². The number of anilines is 1. The largest absolute Gasteiger partial charge is 0.510 e. The standard InChI is InChI=1S/C17H17N3O2/c1-12-8-6-7-11-15(12)18-17(22)16(13(2)21)20-19-14-9-4-3-5-10-14/h3-11,21H,1-2H3,(H,18,22). The predicted octanol–water partition coefficient (Wildman–Crippen LogP) is 4.51. The van der Waals surface area contributed by atoms with Crippen molar-refractivity contribution in [3.05, 3.63) is 71.6 Å². The molecule has 0 aliphatic rings. The first-order valence-corrected chi connectivity index (χ1v) is 6.81. The number of benzene rings is 2. The molecule has 0 atom stereocenters. The average molecular weight is 295 g/mol. The van der Waals surface area contributed by atoms with Crippen molar-refractivity contribution < 1.29 is 9.90 Å². The molecule has 5 nitrogen and oxygen atoms in total. The lowest BCUT2D eigenvalue weighted by molar-refractivity contribution is -0.113. The summed E-state index contributed by atoms with van der Waals surface area (Å²) in [5.74, 6) is -0.695. The van der Waals surface area contributed by atoms with E-state index in [0.717, 1.165) is 5.56 Å². The van der Waals surface area contributed by atoms with E-state index in [9.17, 15) is 9.90 Å². The molecule has 22 heavy (non-hydrogen) atoms. The lowest BCUT2D eigenvalue weighted by atomic mass is 10.2. The van der Waals surface area contributed by atoms with E-state index in [0.29, 0.717) is 11.4 Å². The van der Waals surface area contributed by atoms with Gasteiger partial charge in [0.2, 0.25) is 0 Å². The van der Waals surface area contributed by atoms with E-state index in [2.05, 4.69) is 15.5 Å². The predicted molar refractivity (Wildman–Crippen MR) is 86.1 cm³/mol. The van der Waals surface area contributed by atoms with Crippen molar-refractivity contribution >= 4 is 17.3 Å². The number of nitrogens with one attached hydrogen (secondary N) is 1. The van der Waals surface area contributed by atoms with E-state index in [-0.39, 0.29) is 11.5 Å². The minimum atomic E-state index is -0.506. The van der Waals surface area contributed by atoms with E-state index in [1.54, 1.807) is 18.2 Å². The van der Waals surface area contributed by atoms with Crippen LogP contribution in [0.4, 0.5) is 11.4 Å². The molecule has 0 saturated carbocycles. The van der Waals surface area contributed by atoms with Gasteiger partial charge in [0, 0.05) is 5.69 Å². The zero-order chi connectivity index (χ0) is 15.9. The van der Waals surface area contributed by atoms with E-state index < -0.39 is 5.91 Å². The van der Waals surface area contributed by atoms with Crippen LogP contribution in [0.2, 0.25) is 0 Å². The Kier molecular flexibility index (Phi) is 5.03. The molecule has 2 aromatic carbocycles. The molecule has 0 aromatic heterocycles. The number of azo groups is 1. The molecule has 1 amide bonds. The third-order valence-electron chi connectivity index (χ3n) is 2.97. The molecule has 0 heterocycles. The number of para-hydroxylation sites is 1. The fourth-order valence-corrected chi connectivity index (χ4v) is 1.78. The van der Waals surface area contributed by atoms with Gasteiger partial charge in [0.25, 0.3) is 5.91 Å². The van der Waals surface area contributed by atoms with Crippen molar-refractivity contribution in [2.45, 2.75) is 13.8 Å². The molecule has 2 aromatic rings. The van der Waals surface area contributed by atoms with Gasteiger partial charge in [-0.25, -0.2) is 0 Å². The maximum absolute atomic E-state index is 12.2. The highest BCUT2D eigenvalue weighted by Gasteiger charge is 2.14. The number of amides is 1. The van der Waals surface area contributed by atoms with Gasteiger partial charge in [0.1, 0.15) is 5.76 Å². The Hall–Kier alpha value is -2.95. The van der Waals surface area contributed by atoms with Gasteiger partial charge in [-0.15, -0.1) is 5.11 Å². The molecule has 2 N–H and O–H groups in total. The average Bonchev–Trinajstić information content (AvgIpc) is 2.50. The van der Waals surface area contributed by atoms with Crippen LogP contribution in [0.1, 0.15) is 12.5 Å². The number of hydrogen-bond acceptors (Lipinski definition) is 4. The molecule has 0 aliphatic carbocycles. The maximum Gasteiger partial charge on any atom is 0.279 e. The zero-order valence-electron chi connectivity index (χ0n) is 12.4. The minimum absolute atomic E-state index is 0.118. The lowest BCUT2D eigenvalue weighted by Crippen LogP contribution is -2.15. The molecule has 0 fully saturated rings. The van der Waals surface area contributed by atoms with Crippen LogP contribution >= 0.6 is 0 Å². The van der Waals surface area contributed by atoms with Gasteiger partial charge in [-0.3, -0.25) is 4.79 Å². The summed E-state index contributed by atoms with van der Waals surface area (Å²) in [4.78, 5) is 12.2. The first kappa shape index (κ1) is 15.4. The quantitative estimate of drug-likeness (QED) is 0.495. The Balaban J connectivity index is 2.19. The third-order valence-corrected chi connectivity index (χ3v) is 2.97. The van der Waals surface area contributed by atoms with E-state index >= 15 is 0 Å². The van der Waals surface area contributed by atoms with Crippen LogP contribution in [0.15, 0.2) is 76.3 Å². The van der Waals surface area contributed by atoms with Gasteiger partial charge < -0.3 is 10.4 Å². The summed E-state index contributed by atoms with van der Waals surface area (Å²) >= 11 is 0. The summed E-state index contributed by atoms with van der Waals surface area (Å²) in [6.45, 7) is 3.28. The number of allylic oxidation sites excluding steroid dienone is 1. The Bertz CT molecular complexity index is 718. The molecule has 0 saturated heterocycles. The Labute approximate surface area is 129 Å². The number of aliphatic hydroxyl groups excluding tert-OH is 1. The van der Waals surface area contributed by atoms with Crippen molar-refractivity contribution in [3.63, 3.8) is 0 Å². The highest BCUT2D eigenvalue weighted by atomic mass is 16.3. The molecular formula is C17H17N3O2. The van der Waals surface area contributed by atoms with Gasteiger partial charge in [0.15, 0.2) is 5.70 Å². The van der Waals surface area contributed by atoms with Crippen LogP contribution in [0.3, 0.4) is 0 Å². The number of carbonyl (C=O) groups is 1. The van der Waals surface area contributed by atoms with Crippen LogP contribution in [-0.2, 0) is 4.79 Å². The number of carbonyl (C=O) groups excluding carboxylic acids is 1. The van der Waals surface area contributed by atoms with Crippen LogP contribution in [0.25, 0.3) is 0 Å². The van der Waals surface area contributed by atoms with Crippen LogP contribution in [0.5, 0.6) is 0 Å². The minimum Gasteiger partial charge on any atom is -0.510 e. The topological polar surface area (TPSA) is 74.0 Å². The Morgan fingerprint density at radius 3 is 2.32 bits per heavy atom. The number of hydrogen-bond donors (Lipinski definition) is 2. The molecule has 0 unspecified atom stereocenters. The Morgan fingerprint density at radius 2 is 1.68 bits per heavy atom. The monoisotopic (exact) mass is 295 g/mol. The molecule has 0 radical (unpaired) electrons. The highest BCUT2D eigenvalue weighted by molar-refractivity contribution is 6.04. The van der Waals surface area contributed by atoms with Crippen molar-refractivity contribution in [3.8, 4) is 0 Å². The number of aliphatic hydroxyl groups is 1. The van der Waals surface area contributed by atoms with Crippen LogP contribution < -0.4 is 5.32 Å². The molecule has 0 bridgehead atoms. The molecule has 112 valence electrons. The molecule has 5 heteroatoms. The molecule has 0 spiro atoms. The second kappa shape index (κ2) is 7.17. The van der Waals surface area contributed by atoms with Gasteiger partial charge in [-0.05, 0) is 37.6 Å². The smallest absolute Gasteiger partial charge is 0.279 e. The zero-order valence-corrected chi connectivity index (χ0v) is 12.4. The van der Waals surface area contributed by atoms with Crippen molar-refractivity contribution in [1.82, 2.24) is 0 Å². The number of rotatable bonds is 4. The summed E-state index contributed by atoms with van der Waals surface area (Å²) in [6.07, 6.45) is 0. The number of aryl methyl sites for hydroxylation is 1. The lowest BCUT2D eigenvalue weighted by Gasteiger charge is -2.08. The summed E-state index contributed by atoms with van der Waals surface area (Å²) in [6, 6.07) is 16.4. The number of nitrogens with zero attached hydrogens (tertiary/aromatic N) is 2. The van der Waals surface area contributed by atoms with Crippen LogP contribution in [0, 0.1) is 6.92 Å². The van der Waals surface area contributed by atoms with Crippen molar-refractivity contribution in [2.24, 2.45) is 10.2 Å². The maximum atomic E-state index is 12.2. The highest BCUT2D eigenvalue weighted by Crippen LogP contribution is 2.17. The molecule has 2 rings (SSSR count). The fraction of sp³-hybridized carbons (Fsp3) is 0.118. The summed E-state index contributed by atoms with van der Waals surface area (Å²) in [7, 11) is 0. The second-order valence-electron chi connectivity index (χ2n) is 4.74. The second-order valence-corrected chi connectivity index (χ2v) is 4.74. The fourth-order valence-electron chi connectivity index (χ4n) is 1.78. The summed E-state index contributed by atoms with van der Waals surface area (Å²) in [5, 5.41) is 20.2. The first-order chi connectivity index (χ1) is 10.6. The van der Waals surface area contributed by atoms with Gasteiger partial charge in [-0.2, -0.15) is 5.11 Å². The van der Waals surface area contributed by atoms with E-state index in [1.807, 2.05) is 43.3 Å². The first-order valence-electron chi connectivity index (χ1n) is 6.81. The molecule has 0 aliphatic heterocycles.